The highest BCUT2D eigenvalue weighted by Crippen LogP contribution is 2.42. The summed E-state index contributed by atoms with van der Waals surface area (Å²) >= 11 is 0. The minimum absolute atomic E-state index is 0.254. The molecule has 94 valence electrons. The second-order valence-electron chi connectivity index (χ2n) is 4.53. The molecule has 1 aliphatic carbocycles. The molecule has 0 saturated heterocycles. The van der Waals surface area contributed by atoms with Gasteiger partial charge >= 0.3 is 5.97 Å². The molecule has 1 aliphatic rings. The average molecular weight is 247 g/mol. The van der Waals surface area contributed by atoms with Gasteiger partial charge in [0.1, 0.15) is 11.9 Å². The van der Waals surface area contributed by atoms with Gasteiger partial charge in [-0.1, -0.05) is 25.0 Å². The number of ether oxygens (including phenoxy) is 1. The fraction of sp³-hybridized carbons (Fsp3) is 0.429. The van der Waals surface area contributed by atoms with Gasteiger partial charge in [-0.25, -0.2) is 4.39 Å². The summed E-state index contributed by atoms with van der Waals surface area (Å²) in [6.07, 6.45) is 3.14. The molecule has 0 N–H and O–H groups in total. The van der Waals surface area contributed by atoms with E-state index in [9.17, 15) is 9.18 Å². The van der Waals surface area contributed by atoms with E-state index < -0.39 is 11.4 Å². The van der Waals surface area contributed by atoms with Crippen LogP contribution in [0.1, 0.15) is 31.2 Å². The number of esters is 1. The third kappa shape index (κ3) is 2.21. The highest BCUT2D eigenvalue weighted by Gasteiger charge is 2.44. The smallest absolute Gasteiger partial charge is 0.317 e. The third-order valence-electron chi connectivity index (χ3n) is 3.49. The molecule has 0 unspecified atom stereocenters. The van der Waals surface area contributed by atoms with E-state index in [2.05, 4.69) is 0 Å². The van der Waals surface area contributed by atoms with Gasteiger partial charge in [-0.3, -0.25) is 4.79 Å². The molecule has 3 nitrogen and oxygen atoms in total. The molecule has 4 heteroatoms. The van der Waals surface area contributed by atoms with Crippen LogP contribution >= 0.6 is 0 Å². The SMILES string of the molecule is N#CCOC(=O)C1(c2cccc(F)c2)CCCC1. The van der Waals surface area contributed by atoms with Crippen LogP contribution in [0.2, 0.25) is 0 Å². The molecule has 0 aromatic heterocycles. The van der Waals surface area contributed by atoms with Crippen molar-refractivity contribution in [2.45, 2.75) is 31.1 Å². The Bertz CT molecular complexity index is 487. The van der Waals surface area contributed by atoms with Crippen LogP contribution in [0.15, 0.2) is 24.3 Å². The van der Waals surface area contributed by atoms with Crippen LogP contribution < -0.4 is 0 Å². The van der Waals surface area contributed by atoms with Crippen molar-refractivity contribution in [1.82, 2.24) is 0 Å². The standard InChI is InChI=1S/C14H14FNO2/c15-12-5-3-4-11(10-12)14(6-1-2-7-14)13(17)18-9-8-16/h3-5,10H,1-2,6-7,9H2. The van der Waals surface area contributed by atoms with Crippen molar-refractivity contribution in [1.29, 1.82) is 5.26 Å². The second-order valence-corrected chi connectivity index (χ2v) is 4.53. The van der Waals surface area contributed by atoms with E-state index >= 15 is 0 Å². The summed E-state index contributed by atoms with van der Waals surface area (Å²) in [6.45, 7) is -0.254. The van der Waals surface area contributed by atoms with Crippen LogP contribution in [0.5, 0.6) is 0 Å². The number of carbonyl (C=O) groups is 1. The first kappa shape index (κ1) is 12.6. The van der Waals surface area contributed by atoms with Crippen molar-refractivity contribution in [2.24, 2.45) is 0 Å². The van der Waals surface area contributed by atoms with E-state index in [4.69, 9.17) is 10.00 Å². The summed E-state index contributed by atoms with van der Waals surface area (Å²) in [5, 5.41) is 8.47. The van der Waals surface area contributed by atoms with Gasteiger partial charge in [-0.2, -0.15) is 5.26 Å². The molecule has 0 atom stereocenters. The van der Waals surface area contributed by atoms with Crippen molar-refractivity contribution >= 4 is 5.97 Å². The maximum absolute atomic E-state index is 13.3. The zero-order chi connectivity index (χ0) is 13.0. The summed E-state index contributed by atoms with van der Waals surface area (Å²) in [6, 6.07) is 7.88. The fourth-order valence-electron chi connectivity index (χ4n) is 2.61. The number of rotatable bonds is 3. The van der Waals surface area contributed by atoms with Crippen LogP contribution in [0.4, 0.5) is 4.39 Å². The van der Waals surface area contributed by atoms with Crippen LogP contribution in [0, 0.1) is 17.1 Å². The number of halogens is 1. The molecule has 0 heterocycles. The minimum atomic E-state index is -0.765. The Hall–Kier alpha value is -1.89. The molecule has 0 radical (unpaired) electrons. The number of hydrogen-bond acceptors (Lipinski definition) is 3. The first-order valence-corrected chi connectivity index (χ1v) is 5.99. The Morgan fingerprint density at radius 3 is 2.78 bits per heavy atom. The largest absolute Gasteiger partial charge is 0.450 e. The van der Waals surface area contributed by atoms with Gasteiger partial charge in [0.25, 0.3) is 0 Å². The van der Waals surface area contributed by atoms with Gasteiger partial charge in [0.15, 0.2) is 6.61 Å². The van der Waals surface area contributed by atoms with Gasteiger partial charge in [-0.05, 0) is 30.5 Å². The molecular formula is C14H14FNO2. The van der Waals surface area contributed by atoms with Crippen molar-refractivity contribution < 1.29 is 13.9 Å². The lowest BCUT2D eigenvalue weighted by Crippen LogP contribution is -2.35. The molecule has 1 aromatic carbocycles. The molecule has 2 rings (SSSR count). The van der Waals surface area contributed by atoms with E-state index in [1.807, 2.05) is 0 Å². The van der Waals surface area contributed by atoms with E-state index in [-0.39, 0.29) is 12.4 Å². The Balaban J connectivity index is 2.33. The monoisotopic (exact) mass is 247 g/mol. The van der Waals surface area contributed by atoms with Crippen LogP contribution in [-0.2, 0) is 14.9 Å². The van der Waals surface area contributed by atoms with Gasteiger partial charge in [0.05, 0.1) is 5.41 Å². The highest BCUT2D eigenvalue weighted by molar-refractivity contribution is 5.83. The molecular weight excluding hydrogens is 233 g/mol. The molecule has 0 amide bonds. The molecule has 0 spiro atoms. The van der Waals surface area contributed by atoms with Gasteiger partial charge in [0, 0.05) is 0 Å². The van der Waals surface area contributed by atoms with Crippen LogP contribution in [-0.4, -0.2) is 12.6 Å². The van der Waals surface area contributed by atoms with E-state index in [1.54, 1.807) is 18.2 Å². The highest BCUT2D eigenvalue weighted by atomic mass is 19.1. The Morgan fingerprint density at radius 1 is 1.44 bits per heavy atom. The lowest BCUT2D eigenvalue weighted by atomic mass is 9.79. The maximum atomic E-state index is 13.3. The first-order valence-electron chi connectivity index (χ1n) is 5.99. The fourth-order valence-corrected chi connectivity index (χ4v) is 2.61. The topological polar surface area (TPSA) is 50.1 Å². The Morgan fingerprint density at radius 2 is 2.17 bits per heavy atom. The molecule has 18 heavy (non-hydrogen) atoms. The number of nitrogens with zero attached hydrogens (tertiary/aromatic N) is 1. The Labute approximate surface area is 105 Å². The lowest BCUT2D eigenvalue weighted by molar-refractivity contribution is -0.149. The van der Waals surface area contributed by atoms with E-state index in [0.717, 1.165) is 12.8 Å². The minimum Gasteiger partial charge on any atom is -0.450 e. The van der Waals surface area contributed by atoms with Crippen LogP contribution in [0.3, 0.4) is 0 Å². The van der Waals surface area contributed by atoms with E-state index in [0.29, 0.717) is 18.4 Å². The second kappa shape index (κ2) is 5.18. The molecule has 0 aliphatic heterocycles. The summed E-state index contributed by atoms with van der Waals surface area (Å²) < 4.78 is 18.3. The number of carbonyl (C=O) groups excluding carboxylic acids is 1. The van der Waals surface area contributed by atoms with Crippen molar-refractivity contribution in [2.75, 3.05) is 6.61 Å². The summed E-state index contributed by atoms with van der Waals surface area (Å²) in [7, 11) is 0. The lowest BCUT2D eigenvalue weighted by Gasteiger charge is -2.26. The average Bonchev–Trinajstić information content (AvgIpc) is 2.86. The van der Waals surface area contributed by atoms with Gasteiger partial charge in [-0.15, -0.1) is 0 Å². The zero-order valence-corrected chi connectivity index (χ0v) is 9.99. The van der Waals surface area contributed by atoms with Gasteiger partial charge < -0.3 is 4.74 Å². The normalized spacial score (nSPS) is 17.1. The summed E-state index contributed by atoms with van der Waals surface area (Å²) in [5.41, 5.74) is -0.109. The molecule has 1 saturated carbocycles. The number of hydrogen-bond donors (Lipinski definition) is 0. The molecule has 1 aromatic rings. The maximum Gasteiger partial charge on any atom is 0.317 e. The quantitative estimate of drug-likeness (QED) is 0.771. The first-order chi connectivity index (χ1) is 8.69. The predicted molar refractivity (Wildman–Crippen MR) is 63.1 cm³/mol. The Kier molecular flexibility index (Phi) is 3.61. The molecule has 1 fully saturated rings. The van der Waals surface area contributed by atoms with Gasteiger partial charge in [0.2, 0.25) is 0 Å². The summed E-state index contributed by atoms with van der Waals surface area (Å²) in [5.74, 6) is -0.765. The van der Waals surface area contributed by atoms with Crippen LogP contribution in [0.25, 0.3) is 0 Å². The third-order valence-corrected chi connectivity index (χ3v) is 3.49. The predicted octanol–water partition coefficient (Wildman–Crippen LogP) is 2.70. The van der Waals surface area contributed by atoms with Crippen molar-refractivity contribution in [3.8, 4) is 6.07 Å². The number of nitriles is 1. The molecule has 0 bridgehead atoms. The number of benzene rings is 1. The zero-order valence-electron chi connectivity index (χ0n) is 9.99. The van der Waals surface area contributed by atoms with E-state index in [1.165, 1.54) is 12.1 Å². The summed E-state index contributed by atoms with van der Waals surface area (Å²) in [4.78, 5) is 12.1. The van der Waals surface area contributed by atoms with Crippen molar-refractivity contribution in [3.05, 3.63) is 35.6 Å². The van der Waals surface area contributed by atoms with Crippen molar-refractivity contribution in [3.63, 3.8) is 0 Å².